The van der Waals surface area contributed by atoms with Crippen molar-refractivity contribution in [3.05, 3.63) is 101 Å². The number of benzene rings is 3. The Morgan fingerprint density at radius 1 is 1.00 bits per heavy atom. The van der Waals surface area contributed by atoms with Crippen LogP contribution < -0.4 is 10.0 Å². The monoisotopic (exact) mass is 519 g/mol. The van der Waals surface area contributed by atoms with Crippen LogP contribution in [0.1, 0.15) is 27.0 Å². The van der Waals surface area contributed by atoms with E-state index in [4.69, 9.17) is 0 Å². The molecule has 0 fully saturated rings. The molecular weight excluding hydrogens is 498 g/mol. The van der Waals surface area contributed by atoms with Crippen molar-refractivity contribution in [1.82, 2.24) is 9.88 Å². The van der Waals surface area contributed by atoms with Crippen molar-refractivity contribution in [2.24, 2.45) is 0 Å². The first-order valence-corrected chi connectivity index (χ1v) is 12.6. The van der Waals surface area contributed by atoms with Crippen LogP contribution in [0, 0.1) is 5.82 Å². The lowest BCUT2D eigenvalue weighted by molar-refractivity contribution is -0.138. The van der Waals surface area contributed by atoms with E-state index in [1.807, 2.05) is 9.29 Å². The average Bonchev–Trinajstić information content (AvgIpc) is 3.18. The van der Waals surface area contributed by atoms with Gasteiger partial charge in [0.15, 0.2) is 0 Å². The van der Waals surface area contributed by atoms with E-state index < -0.39 is 34.2 Å². The first kappa shape index (κ1) is 25.2. The van der Waals surface area contributed by atoms with Crippen LogP contribution in [0.25, 0.3) is 10.9 Å². The molecule has 0 aliphatic carbocycles. The van der Waals surface area contributed by atoms with E-state index in [9.17, 15) is 30.8 Å². The summed E-state index contributed by atoms with van der Waals surface area (Å²) in [4.78, 5) is 12.7. The molecule has 0 aliphatic heterocycles. The maximum atomic E-state index is 13.6. The van der Waals surface area contributed by atoms with Crippen molar-refractivity contribution in [2.75, 3.05) is 11.0 Å². The Kier molecular flexibility index (Phi) is 6.77. The van der Waals surface area contributed by atoms with E-state index in [-0.39, 0.29) is 22.6 Å². The second-order valence-corrected chi connectivity index (χ2v) is 10.0. The first-order valence-electron chi connectivity index (χ1n) is 10.7. The molecule has 0 atom stereocenters. The molecule has 6 nitrogen and oxygen atoms in total. The molecule has 36 heavy (non-hydrogen) atoms. The molecule has 3 aromatic carbocycles. The molecule has 0 bridgehead atoms. The van der Waals surface area contributed by atoms with E-state index in [1.54, 1.807) is 42.6 Å². The number of carbonyl (C=O) groups is 1. The summed E-state index contributed by atoms with van der Waals surface area (Å²) in [5.41, 5.74) is 0.346. The van der Waals surface area contributed by atoms with Gasteiger partial charge in [0, 0.05) is 41.4 Å². The maximum absolute atomic E-state index is 13.6. The summed E-state index contributed by atoms with van der Waals surface area (Å²) in [5.74, 6) is -0.904. The fourth-order valence-electron chi connectivity index (χ4n) is 3.86. The number of hydrogen-bond donors (Lipinski definition) is 2. The molecule has 1 heterocycles. The number of aromatic nitrogens is 1. The number of sulfonamides is 1. The third-order valence-corrected chi connectivity index (χ3v) is 6.04. The number of nitrogens with zero attached hydrogens (tertiary/aromatic N) is 1. The lowest BCUT2D eigenvalue weighted by Gasteiger charge is -2.15. The number of hydrogen-bond acceptors (Lipinski definition) is 3. The zero-order chi connectivity index (χ0) is 26.1. The summed E-state index contributed by atoms with van der Waals surface area (Å²) in [7, 11) is -3.76. The van der Waals surface area contributed by atoms with Crippen LogP contribution >= 0.6 is 0 Å². The molecule has 11 heteroatoms. The molecule has 0 unspecified atom stereocenters. The molecule has 4 rings (SSSR count). The average molecular weight is 520 g/mol. The van der Waals surface area contributed by atoms with Crippen LogP contribution in [0.2, 0.25) is 0 Å². The van der Waals surface area contributed by atoms with Gasteiger partial charge < -0.3 is 9.88 Å². The molecule has 2 N–H and O–H groups in total. The lowest BCUT2D eigenvalue weighted by atomic mass is 10.1. The fourth-order valence-corrected chi connectivity index (χ4v) is 4.42. The minimum absolute atomic E-state index is 0.211. The zero-order valence-corrected chi connectivity index (χ0v) is 19.8. The van der Waals surface area contributed by atoms with Gasteiger partial charge in [-0.05, 0) is 59.7 Å². The standard InChI is InChI=1S/C25H21F4N3O3S/c1-36(34,35)31-21-7-5-19(22(13-21)25(27,28)29)14-30-24(33)18-6-8-23-17(12-18)9-10-32(23)15-16-3-2-4-20(26)11-16/h2-13,31H,14-15H2,1H3,(H,30,33). The third kappa shape index (κ3) is 6.03. The molecule has 1 amide bonds. The van der Waals surface area contributed by atoms with E-state index in [0.29, 0.717) is 12.6 Å². The smallest absolute Gasteiger partial charge is 0.348 e. The normalized spacial score (nSPS) is 12.0. The van der Waals surface area contributed by atoms with Crippen LogP contribution in [0.15, 0.2) is 72.9 Å². The Labute approximate surface area is 204 Å². The number of fused-ring (bicyclic) bond motifs is 1. The van der Waals surface area contributed by atoms with Gasteiger partial charge in [0.1, 0.15) is 5.82 Å². The summed E-state index contributed by atoms with van der Waals surface area (Å²) in [6.07, 6.45) is -2.11. The summed E-state index contributed by atoms with van der Waals surface area (Å²) in [6, 6.07) is 15.9. The summed E-state index contributed by atoms with van der Waals surface area (Å²) < 4.78 is 80.7. The van der Waals surface area contributed by atoms with E-state index in [0.717, 1.165) is 28.8 Å². The highest BCUT2D eigenvalue weighted by molar-refractivity contribution is 7.92. The largest absolute Gasteiger partial charge is 0.416 e. The summed E-state index contributed by atoms with van der Waals surface area (Å²) >= 11 is 0. The molecule has 0 radical (unpaired) electrons. The number of nitrogens with one attached hydrogen (secondary N) is 2. The summed E-state index contributed by atoms with van der Waals surface area (Å²) in [6.45, 7) is 0.0165. The van der Waals surface area contributed by atoms with Gasteiger partial charge in [0.05, 0.1) is 11.8 Å². The van der Waals surface area contributed by atoms with Crippen LogP contribution in [0.4, 0.5) is 23.2 Å². The van der Waals surface area contributed by atoms with Gasteiger partial charge in [0.2, 0.25) is 10.0 Å². The van der Waals surface area contributed by atoms with Gasteiger partial charge in [0.25, 0.3) is 5.91 Å². The van der Waals surface area contributed by atoms with Crippen molar-refractivity contribution in [1.29, 1.82) is 0 Å². The molecule has 0 saturated heterocycles. The van der Waals surface area contributed by atoms with Crippen molar-refractivity contribution >= 4 is 32.5 Å². The molecule has 0 aliphatic rings. The predicted octanol–water partition coefficient (Wildman–Crippen LogP) is 5.15. The number of rotatable bonds is 7. The Hall–Kier alpha value is -3.86. The number of halogens is 4. The first-order chi connectivity index (χ1) is 16.9. The Morgan fingerprint density at radius 2 is 1.78 bits per heavy atom. The Bertz CT molecular complexity index is 1550. The van der Waals surface area contributed by atoms with Gasteiger partial charge in [-0.2, -0.15) is 13.2 Å². The van der Waals surface area contributed by atoms with Crippen molar-refractivity contribution in [2.45, 2.75) is 19.3 Å². The molecule has 188 valence electrons. The number of anilines is 1. The highest BCUT2D eigenvalue weighted by atomic mass is 32.2. The maximum Gasteiger partial charge on any atom is 0.416 e. The highest BCUT2D eigenvalue weighted by Gasteiger charge is 2.33. The molecule has 4 aromatic rings. The van der Waals surface area contributed by atoms with Gasteiger partial charge in [-0.25, -0.2) is 12.8 Å². The molecule has 0 saturated carbocycles. The van der Waals surface area contributed by atoms with E-state index in [2.05, 4.69) is 5.32 Å². The van der Waals surface area contributed by atoms with E-state index in [1.165, 1.54) is 18.2 Å². The van der Waals surface area contributed by atoms with Crippen molar-refractivity contribution < 1.29 is 30.8 Å². The highest BCUT2D eigenvalue weighted by Crippen LogP contribution is 2.34. The van der Waals surface area contributed by atoms with Crippen molar-refractivity contribution in [3.8, 4) is 0 Å². The quantitative estimate of drug-likeness (QED) is 0.332. The van der Waals surface area contributed by atoms with E-state index >= 15 is 0 Å². The number of amides is 1. The second-order valence-electron chi connectivity index (χ2n) is 8.27. The lowest BCUT2D eigenvalue weighted by Crippen LogP contribution is -2.24. The van der Waals surface area contributed by atoms with Gasteiger partial charge >= 0.3 is 6.18 Å². The second kappa shape index (κ2) is 9.65. The summed E-state index contributed by atoms with van der Waals surface area (Å²) in [5, 5.41) is 3.23. The zero-order valence-electron chi connectivity index (χ0n) is 18.9. The molecular formula is C25H21F4N3O3S. The minimum atomic E-state index is -4.75. The van der Waals surface area contributed by atoms with Crippen LogP contribution in [-0.4, -0.2) is 25.1 Å². The fraction of sp³-hybridized carbons (Fsp3) is 0.160. The minimum Gasteiger partial charge on any atom is -0.348 e. The molecule has 1 aromatic heterocycles. The van der Waals surface area contributed by atoms with Gasteiger partial charge in [-0.15, -0.1) is 0 Å². The predicted molar refractivity (Wildman–Crippen MR) is 129 cm³/mol. The topological polar surface area (TPSA) is 80.2 Å². The van der Waals surface area contributed by atoms with Crippen LogP contribution in [0.5, 0.6) is 0 Å². The van der Waals surface area contributed by atoms with Gasteiger partial charge in [-0.3, -0.25) is 9.52 Å². The Balaban J connectivity index is 1.50. The van der Waals surface area contributed by atoms with Crippen molar-refractivity contribution in [3.63, 3.8) is 0 Å². The number of alkyl halides is 3. The van der Waals surface area contributed by atoms with Gasteiger partial charge in [-0.1, -0.05) is 18.2 Å². The SMILES string of the molecule is CS(=O)(=O)Nc1ccc(CNC(=O)c2ccc3c(ccn3Cc3cccc(F)c3)c2)c(C(F)(F)F)c1. The molecule has 0 spiro atoms. The number of carbonyl (C=O) groups excluding carboxylic acids is 1. The van der Waals surface area contributed by atoms with Crippen LogP contribution in [-0.2, 0) is 29.3 Å². The van der Waals surface area contributed by atoms with Crippen LogP contribution in [0.3, 0.4) is 0 Å². The Morgan fingerprint density at radius 3 is 2.47 bits per heavy atom. The third-order valence-electron chi connectivity index (χ3n) is 5.43.